The molecule has 0 saturated carbocycles. The fourth-order valence-electron chi connectivity index (χ4n) is 2.25. The number of halogens is 2. The molecule has 1 heterocycles. The number of nitrogen functional groups attached to an aromatic ring is 1. The molecule has 1 aliphatic heterocycles. The van der Waals surface area contributed by atoms with Crippen molar-refractivity contribution >= 4 is 34.8 Å². The third-order valence-electron chi connectivity index (χ3n) is 3.36. The molecule has 110 valence electrons. The summed E-state index contributed by atoms with van der Waals surface area (Å²) in [5.74, 6) is -0.159. The lowest BCUT2D eigenvalue weighted by Crippen LogP contribution is -2.49. The number of β-amino-alcohol motifs (C(OH)–C–C–N with tert-alkyl or cyclic N) is 1. The number of nitrogens with two attached hydrogens (primary N) is 1. The van der Waals surface area contributed by atoms with E-state index >= 15 is 0 Å². The van der Waals surface area contributed by atoms with Gasteiger partial charge in [-0.3, -0.25) is 9.69 Å². The van der Waals surface area contributed by atoms with Crippen molar-refractivity contribution in [1.29, 1.82) is 0 Å². The largest absolute Gasteiger partial charge is 0.399 e. The summed E-state index contributed by atoms with van der Waals surface area (Å²) in [7, 11) is 0. The van der Waals surface area contributed by atoms with Crippen LogP contribution in [0.1, 0.15) is 10.4 Å². The minimum atomic E-state index is -0.159. The highest BCUT2D eigenvalue weighted by Crippen LogP contribution is 2.29. The number of aliphatic hydroxyl groups excluding tert-OH is 1. The molecule has 1 aliphatic rings. The molecule has 0 aliphatic carbocycles. The monoisotopic (exact) mass is 317 g/mol. The van der Waals surface area contributed by atoms with Gasteiger partial charge in [0.15, 0.2) is 0 Å². The Kier molecular flexibility index (Phi) is 5.10. The van der Waals surface area contributed by atoms with Gasteiger partial charge in [-0.25, -0.2) is 0 Å². The molecule has 0 aromatic heterocycles. The van der Waals surface area contributed by atoms with Crippen molar-refractivity contribution in [2.45, 2.75) is 0 Å². The first-order valence-electron chi connectivity index (χ1n) is 6.40. The lowest BCUT2D eigenvalue weighted by molar-refractivity contribution is 0.0615. The Morgan fingerprint density at radius 2 is 1.90 bits per heavy atom. The highest BCUT2D eigenvalue weighted by Gasteiger charge is 2.24. The average Bonchev–Trinajstić information content (AvgIpc) is 2.43. The number of benzene rings is 1. The Bertz CT molecular complexity index is 503. The van der Waals surface area contributed by atoms with E-state index in [9.17, 15) is 4.79 Å². The zero-order valence-corrected chi connectivity index (χ0v) is 12.5. The van der Waals surface area contributed by atoms with Gasteiger partial charge in [-0.1, -0.05) is 23.2 Å². The summed E-state index contributed by atoms with van der Waals surface area (Å²) < 4.78 is 0. The van der Waals surface area contributed by atoms with Crippen molar-refractivity contribution in [3.8, 4) is 0 Å². The van der Waals surface area contributed by atoms with Gasteiger partial charge in [0.05, 0.1) is 22.2 Å². The van der Waals surface area contributed by atoms with Crippen LogP contribution in [0.3, 0.4) is 0 Å². The fraction of sp³-hybridized carbons (Fsp3) is 0.462. The second-order valence-electron chi connectivity index (χ2n) is 4.72. The first kappa shape index (κ1) is 15.4. The van der Waals surface area contributed by atoms with Crippen LogP contribution < -0.4 is 5.73 Å². The molecule has 5 nitrogen and oxygen atoms in total. The van der Waals surface area contributed by atoms with Gasteiger partial charge in [-0.15, -0.1) is 0 Å². The average molecular weight is 318 g/mol. The van der Waals surface area contributed by atoms with Crippen molar-refractivity contribution in [3.63, 3.8) is 0 Å². The van der Waals surface area contributed by atoms with Crippen LogP contribution >= 0.6 is 23.2 Å². The Morgan fingerprint density at radius 3 is 2.50 bits per heavy atom. The van der Waals surface area contributed by atoms with Gasteiger partial charge in [-0.2, -0.15) is 0 Å². The van der Waals surface area contributed by atoms with E-state index in [1.54, 1.807) is 11.0 Å². The van der Waals surface area contributed by atoms with Crippen molar-refractivity contribution in [1.82, 2.24) is 9.80 Å². The quantitative estimate of drug-likeness (QED) is 0.825. The molecular formula is C13H17Cl2N3O2. The molecule has 1 aromatic carbocycles. The number of carbonyl (C=O) groups excluding carboxylic acids is 1. The predicted octanol–water partition coefficient (Wildman–Crippen LogP) is 1.33. The number of nitrogens with zero attached hydrogens (tertiary/aromatic N) is 2. The molecule has 1 amide bonds. The van der Waals surface area contributed by atoms with E-state index in [1.165, 1.54) is 6.07 Å². The van der Waals surface area contributed by atoms with Gasteiger partial charge in [0.2, 0.25) is 0 Å². The molecule has 0 spiro atoms. The van der Waals surface area contributed by atoms with Crippen molar-refractivity contribution in [2.75, 3.05) is 45.1 Å². The van der Waals surface area contributed by atoms with Crippen molar-refractivity contribution < 1.29 is 9.90 Å². The van der Waals surface area contributed by atoms with Gasteiger partial charge in [-0.05, 0) is 12.1 Å². The summed E-state index contributed by atoms with van der Waals surface area (Å²) in [6.45, 7) is 3.43. The molecule has 1 saturated heterocycles. The summed E-state index contributed by atoms with van der Waals surface area (Å²) in [6.07, 6.45) is 0. The van der Waals surface area contributed by atoms with Crippen LogP contribution in [0.4, 0.5) is 5.69 Å². The second-order valence-corrected chi connectivity index (χ2v) is 5.51. The standard InChI is InChI=1S/C13H17Cl2N3O2/c14-11-8-9(16)7-10(12(11)15)13(20)18-3-1-17(2-4-18)5-6-19/h7-8,19H,1-6,16H2. The molecular weight excluding hydrogens is 301 g/mol. The van der Waals surface area contributed by atoms with Crippen LogP contribution in [0.2, 0.25) is 10.0 Å². The Hall–Kier alpha value is -1.01. The maximum Gasteiger partial charge on any atom is 0.255 e. The fourth-order valence-corrected chi connectivity index (χ4v) is 2.67. The van der Waals surface area contributed by atoms with Crippen LogP contribution in [0.5, 0.6) is 0 Å². The lowest BCUT2D eigenvalue weighted by Gasteiger charge is -2.34. The number of rotatable bonds is 3. The number of piperazine rings is 1. The highest BCUT2D eigenvalue weighted by molar-refractivity contribution is 6.44. The Labute approximate surface area is 127 Å². The maximum atomic E-state index is 12.4. The molecule has 0 radical (unpaired) electrons. The zero-order valence-electron chi connectivity index (χ0n) is 11.0. The summed E-state index contributed by atoms with van der Waals surface area (Å²) >= 11 is 12.0. The number of anilines is 1. The molecule has 1 fully saturated rings. The third-order valence-corrected chi connectivity index (χ3v) is 4.16. The number of carbonyl (C=O) groups is 1. The van der Waals surface area contributed by atoms with E-state index in [2.05, 4.69) is 4.90 Å². The Balaban J connectivity index is 2.09. The van der Waals surface area contributed by atoms with E-state index < -0.39 is 0 Å². The van der Waals surface area contributed by atoms with E-state index in [0.29, 0.717) is 30.9 Å². The summed E-state index contributed by atoms with van der Waals surface area (Å²) in [5.41, 5.74) is 6.47. The lowest BCUT2D eigenvalue weighted by atomic mass is 10.1. The number of amides is 1. The number of hydrogen-bond acceptors (Lipinski definition) is 4. The van der Waals surface area contributed by atoms with E-state index in [0.717, 1.165) is 13.1 Å². The summed E-state index contributed by atoms with van der Waals surface area (Å²) in [4.78, 5) is 16.3. The van der Waals surface area contributed by atoms with Gasteiger partial charge < -0.3 is 15.7 Å². The molecule has 2 rings (SSSR count). The molecule has 20 heavy (non-hydrogen) atoms. The SMILES string of the molecule is Nc1cc(Cl)c(Cl)c(C(=O)N2CCN(CCO)CC2)c1. The number of aliphatic hydroxyl groups is 1. The van der Waals surface area contributed by atoms with Crippen molar-refractivity contribution in [3.05, 3.63) is 27.7 Å². The van der Waals surface area contributed by atoms with Crippen LogP contribution in [-0.4, -0.2) is 60.1 Å². The molecule has 1 aromatic rings. The van der Waals surface area contributed by atoms with Crippen LogP contribution in [0.15, 0.2) is 12.1 Å². The third kappa shape index (κ3) is 3.35. The summed E-state index contributed by atoms with van der Waals surface area (Å²) in [5, 5.41) is 9.43. The van der Waals surface area contributed by atoms with Crippen molar-refractivity contribution in [2.24, 2.45) is 0 Å². The van der Waals surface area contributed by atoms with Crippen LogP contribution in [-0.2, 0) is 0 Å². The smallest absolute Gasteiger partial charge is 0.255 e. The maximum absolute atomic E-state index is 12.4. The highest BCUT2D eigenvalue weighted by atomic mass is 35.5. The summed E-state index contributed by atoms with van der Waals surface area (Å²) in [6, 6.07) is 3.08. The van der Waals surface area contributed by atoms with Gasteiger partial charge >= 0.3 is 0 Å². The first-order chi connectivity index (χ1) is 9.52. The molecule has 3 N–H and O–H groups in total. The predicted molar refractivity (Wildman–Crippen MR) is 80.3 cm³/mol. The van der Waals surface area contributed by atoms with E-state index in [1.807, 2.05) is 0 Å². The molecule has 0 unspecified atom stereocenters. The number of hydrogen-bond donors (Lipinski definition) is 2. The molecule has 0 bridgehead atoms. The minimum absolute atomic E-state index is 0.130. The van der Waals surface area contributed by atoms with E-state index in [4.69, 9.17) is 34.0 Å². The first-order valence-corrected chi connectivity index (χ1v) is 7.15. The Morgan fingerprint density at radius 1 is 1.25 bits per heavy atom. The zero-order chi connectivity index (χ0) is 14.7. The molecule has 7 heteroatoms. The minimum Gasteiger partial charge on any atom is -0.399 e. The van der Waals surface area contributed by atoms with E-state index in [-0.39, 0.29) is 22.6 Å². The normalized spacial score (nSPS) is 16.4. The second kappa shape index (κ2) is 6.63. The van der Waals surface area contributed by atoms with Gasteiger partial charge in [0.1, 0.15) is 0 Å². The molecule has 0 atom stereocenters. The van der Waals surface area contributed by atoms with Crippen LogP contribution in [0.25, 0.3) is 0 Å². The van der Waals surface area contributed by atoms with Crippen LogP contribution in [0, 0.1) is 0 Å². The van der Waals surface area contributed by atoms with Gasteiger partial charge in [0, 0.05) is 38.4 Å². The van der Waals surface area contributed by atoms with Gasteiger partial charge in [0.25, 0.3) is 5.91 Å². The topological polar surface area (TPSA) is 69.8 Å².